The number of imide groups is 2. The zero-order chi connectivity index (χ0) is 36.5. The Kier molecular flexibility index (Phi) is 9.08. The van der Waals surface area contributed by atoms with Crippen molar-refractivity contribution in [3.8, 4) is 17.4 Å². The Bertz CT molecular complexity index is 2340. The number of nitrogens with zero attached hydrogens (tertiary/aromatic N) is 6. The highest BCUT2D eigenvalue weighted by molar-refractivity contribution is 6.33. The van der Waals surface area contributed by atoms with E-state index in [9.17, 15) is 28.8 Å². The van der Waals surface area contributed by atoms with Crippen LogP contribution >= 0.6 is 11.6 Å². The van der Waals surface area contributed by atoms with E-state index in [1.165, 1.54) is 46.8 Å². The summed E-state index contributed by atoms with van der Waals surface area (Å²) in [6, 6.07) is 11.7. The molecule has 18 heteroatoms. The zero-order valence-electron chi connectivity index (χ0n) is 27.3. The van der Waals surface area contributed by atoms with Gasteiger partial charge in [0.05, 0.1) is 29.4 Å². The standard InChI is InChI=1S/C34H28ClN9O8/c1-36-28(46)17-52-26-14-18-13-19(39-29-23(35)16-37-34(41-29)43-10-2-9-38-43)3-6-24(18)42(33(26)50)11-12-51-20-4-5-21-22(15-20)32(49)44(31(21)48)25-7-8-27(45)40-30(25)47/h2-6,9-10,13-16,25H,7-8,11-12,17H2,1H3,(H,36,46)(H,37,39,41)(H,40,45,47). The summed E-state index contributed by atoms with van der Waals surface area (Å²) in [6.45, 7) is -0.412. The maximum absolute atomic E-state index is 13.6. The molecule has 0 spiro atoms. The summed E-state index contributed by atoms with van der Waals surface area (Å²) in [5.41, 5.74) is 0.738. The molecule has 264 valence electrons. The van der Waals surface area contributed by atoms with Gasteiger partial charge in [0, 0.05) is 36.9 Å². The number of hydrogen-bond donors (Lipinski definition) is 3. The molecular formula is C34H28ClN9O8. The molecule has 2 aromatic carbocycles. The zero-order valence-corrected chi connectivity index (χ0v) is 28.0. The van der Waals surface area contributed by atoms with Crippen LogP contribution < -0.4 is 31.0 Å². The van der Waals surface area contributed by atoms with Crippen LogP contribution in [-0.4, -0.2) is 85.1 Å². The fourth-order valence-corrected chi connectivity index (χ4v) is 5.99. The molecular weight excluding hydrogens is 698 g/mol. The van der Waals surface area contributed by atoms with Gasteiger partial charge in [-0.15, -0.1) is 0 Å². The molecule has 0 bridgehead atoms. The Labute approximate surface area is 298 Å². The van der Waals surface area contributed by atoms with E-state index in [2.05, 4.69) is 31.0 Å². The highest BCUT2D eigenvalue weighted by Gasteiger charge is 2.44. The molecule has 5 amide bonds. The lowest BCUT2D eigenvalue weighted by Gasteiger charge is -2.27. The molecule has 5 heterocycles. The Morgan fingerprint density at radius 2 is 1.87 bits per heavy atom. The SMILES string of the molecule is CNC(=O)COc1cc2cc(Nc3nc(-n4cccn4)ncc3Cl)ccc2n(CCOc2ccc3c(c2)C(=O)N(C2CCC(=O)NC2=O)C3=O)c1=O. The van der Waals surface area contributed by atoms with Crippen LogP contribution in [0.5, 0.6) is 11.5 Å². The number of rotatable bonds is 11. The molecule has 2 aliphatic heterocycles. The lowest BCUT2D eigenvalue weighted by atomic mass is 10.0. The molecule has 1 unspecified atom stereocenters. The van der Waals surface area contributed by atoms with E-state index < -0.39 is 47.7 Å². The van der Waals surface area contributed by atoms with Gasteiger partial charge in [0.1, 0.15) is 23.4 Å². The van der Waals surface area contributed by atoms with Crippen molar-refractivity contribution in [2.75, 3.05) is 25.6 Å². The molecule has 7 rings (SSSR count). The number of anilines is 2. The topological polar surface area (TPSA) is 209 Å². The second kappa shape index (κ2) is 13.9. The molecule has 0 aliphatic carbocycles. The largest absolute Gasteiger partial charge is 0.492 e. The van der Waals surface area contributed by atoms with Gasteiger partial charge in [-0.3, -0.25) is 39.0 Å². The van der Waals surface area contributed by atoms with Crippen LogP contribution in [0.25, 0.3) is 16.9 Å². The van der Waals surface area contributed by atoms with E-state index in [1.807, 2.05) is 0 Å². The summed E-state index contributed by atoms with van der Waals surface area (Å²) in [7, 11) is 1.45. The van der Waals surface area contributed by atoms with Gasteiger partial charge in [-0.05, 0) is 55.0 Å². The Morgan fingerprint density at radius 3 is 2.63 bits per heavy atom. The average molecular weight is 726 g/mol. The molecule has 1 atom stereocenters. The fraction of sp³-hybridized carbons (Fsp3) is 0.206. The molecule has 2 aliphatic rings. The van der Waals surface area contributed by atoms with Crippen molar-refractivity contribution in [2.24, 2.45) is 0 Å². The van der Waals surface area contributed by atoms with Crippen molar-refractivity contribution in [1.82, 2.24) is 39.8 Å². The molecule has 5 aromatic rings. The van der Waals surface area contributed by atoms with Crippen molar-refractivity contribution in [2.45, 2.75) is 25.4 Å². The molecule has 3 aromatic heterocycles. The number of benzene rings is 2. The Balaban J connectivity index is 1.13. The first-order valence-electron chi connectivity index (χ1n) is 15.9. The van der Waals surface area contributed by atoms with Gasteiger partial charge < -0.3 is 24.7 Å². The second-order valence-electron chi connectivity index (χ2n) is 11.6. The van der Waals surface area contributed by atoms with Crippen molar-refractivity contribution >= 4 is 63.5 Å². The van der Waals surface area contributed by atoms with Gasteiger partial charge in [0.25, 0.3) is 29.2 Å². The molecule has 52 heavy (non-hydrogen) atoms. The minimum absolute atomic E-state index is 0.00597. The number of carbonyl (C=O) groups is 5. The summed E-state index contributed by atoms with van der Waals surface area (Å²) in [5.74, 6) is -2.14. The van der Waals surface area contributed by atoms with Crippen molar-refractivity contribution < 1.29 is 33.4 Å². The smallest absolute Gasteiger partial charge is 0.293 e. The highest BCUT2D eigenvalue weighted by Crippen LogP contribution is 2.31. The Morgan fingerprint density at radius 1 is 1.04 bits per heavy atom. The maximum atomic E-state index is 13.6. The van der Waals surface area contributed by atoms with Crippen molar-refractivity contribution in [1.29, 1.82) is 0 Å². The van der Waals surface area contributed by atoms with E-state index in [1.54, 1.807) is 36.7 Å². The lowest BCUT2D eigenvalue weighted by molar-refractivity contribution is -0.136. The predicted molar refractivity (Wildman–Crippen MR) is 184 cm³/mol. The van der Waals surface area contributed by atoms with Crippen LogP contribution in [0.15, 0.2) is 71.9 Å². The average Bonchev–Trinajstić information content (AvgIpc) is 3.76. The van der Waals surface area contributed by atoms with E-state index in [0.29, 0.717) is 28.4 Å². The number of hydrogen-bond acceptors (Lipinski definition) is 12. The van der Waals surface area contributed by atoms with Crippen LogP contribution in [0.1, 0.15) is 33.6 Å². The number of halogens is 1. The number of likely N-dealkylation sites (N-methyl/N-ethyl adjacent to an activating group) is 1. The van der Waals surface area contributed by atoms with Crippen LogP contribution in [0.2, 0.25) is 5.02 Å². The van der Waals surface area contributed by atoms with Crippen LogP contribution in [0, 0.1) is 0 Å². The first-order valence-corrected chi connectivity index (χ1v) is 16.3. The quantitative estimate of drug-likeness (QED) is 0.167. The maximum Gasteiger partial charge on any atom is 0.293 e. The summed E-state index contributed by atoms with van der Waals surface area (Å²) < 4.78 is 14.4. The third kappa shape index (κ3) is 6.51. The minimum Gasteiger partial charge on any atom is -0.492 e. The third-order valence-electron chi connectivity index (χ3n) is 8.40. The predicted octanol–water partition coefficient (Wildman–Crippen LogP) is 1.98. The number of pyridine rings is 1. The number of carbonyl (C=O) groups excluding carboxylic acids is 5. The number of piperidine rings is 1. The second-order valence-corrected chi connectivity index (χ2v) is 12.1. The normalized spacial score (nSPS) is 15.4. The van der Waals surface area contributed by atoms with Crippen LogP contribution in [0.4, 0.5) is 11.5 Å². The summed E-state index contributed by atoms with van der Waals surface area (Å²) in [6.07, 6.45) is 4.77. The van der Waals surface area contributed by atoms with Gasteiger partial charge in [-0.2, -0.15) is 10.1 Å². The molecule has 17 nitrogen and oxygen atoms in total. The summed E-state index contributed by atoms with van der Waals surface area (Å²) in [5, 5.41) is 12.8. The highest BCUT2D eigenvalue weighted by atomic mass is 35.5. The van der Waals surface area contributed by atoms with Gasteiger partial charge >= 0.3 is 0 Å². The molecule has 0 radical (unpaired) electrons. The molecule has 1 fully saturated rings. The van der Waals surface area contributed by atoms with Crippen LogP contribution in [0.3, 0.4) is 0 Å². The monoisotopic (exact) mass is 725 g/mol. The lowest BCUT2D eigenvalue weighted by Crippen LogP contribution is -2.54. The van der Waals surface area contributed by atoms with Crippen molar-refractivity contribution in [3.63, 3.8) is 0 Å². The Hall–Kier alpha value is -6.62. The minimum atomic E-state index is -1.10. The number of amides is 5. The molecule has 0 saturated carbocycles. The van der Waals surface area contributed by atoms with Gasteiger partial charge in [0.15, 0.2) is 18.2 Å². The summed E-state index contributed by atoms with van der Waals surface area (Å²) >= 11 is 6.39. The van der Waals surface area contributed by atoms with Gasteiger partial charge in [-0.25, -0.2) is 9.67 Å². The summed E-state index contributed by atoms with van der Waals surface area (Å²) in [4.78, 5) is 85.4. The van der Waals surface area contributed by atoms with E-state index >= 15 is 0 Å². The molecule has 3 N–H and O–H groups in total. The molecule has 1 saturated heterocycles. The number of ether oxygens (including phenoxy) is 2. The van der Waals surface area contributed by atoms with Gasteiger partial charge in [-0.1, -0.05) is 11.6 Å². The van der Waals surface area contributed by atoms with E-state index in [-0.39, 0.29) is 53.6 Å². The number of aromatic nitrogens is 5. The third-order valence-corrected chi connectivity index (χ3v) is 8.67. The fourth-order valence-electron chi connectivity index (χ4n) is 5.85. The van der Waals surface area contributed by atoms with E-state index in [4.69, 9.17) is 21.1 Å². The van der Waals surface area contributed by atoms with Gasteiger partial charge in [0.2, 0.25) is 11.8 Å². The van der Waals surface area contributed by atoms with Crippen molar-refractivity contribution in [3.05, 3.63) is 93.6 Å². The van der Waals surface area contributed by atoms with Crippen LogP contribution in [-0.2, 0) is 20.9 Å². The number of fused-ring (bicyclic) bond motifs is 2. The van der Waals surface area contributed by atoms with E-state index in [0.717, 1.165) is 4.90 Å². The first-order chi connectivity index (χ1) is 25.1. The first kappa shape index (κ1) is 33.9. The number of nitrogens with one attached hydrogen (secondary N) is 3.